The van der Waals surface area contributed by atoms with Crippen molar-refractivity contribution in [2.45, 2.75) is 12.5 Å². The highest BCUT2D eigenvalue weighted by atomic mass is 35.5. The smallest absolute Gasteiger partial charge is 0.387 e. The van der Waals surface area contributed by atoms with Crippen molar-refractivity contribution >= 4 is 17.6 Å². The molecule has 18 heavy (non-hydrogen) atoms. The molecule has 0 saturated heterocycles. The predicted octanol–water partition coefficient (Wildman–Crippen LogP) is 2.69. The summed E-state index contributed by atoms with van der Waals surface area (Å²) in [6.07, 6.45) is 0. The van der Waals surface area contributed by atoms with Crippen LogP contribution in [0.2, 0.25) is 0 Å². The number of nitriles is 1. The number of methoxy groups -OCH3 is 1. The number of hydrogen-bond donors (Lipinski definition) is 0. The highest BCUT2D eigenvalue weighted by Gasteiger charge is 2.18. The topological polar surface area (TPSA) is 59.3 Å². The van der Waals surface area contributed by atoms with Crippen LogP contribution in [0.3, 0.4) is 0 Å². The van der Waals surface area contributed by atoms with E-state index in [-0.39, 0.29) is 28.3 Å². The van der Waals surface area contributed by atoms with Crippen LogP contribution in [0, 0.1) is 11.3 Å². The van der Waals surface area contributed by atoms with Gasteiger partial charge in [0.1, 0.15) is 11.8 Å². The van der Waals surface area contributed by atoms with Crippen molar-refractivity contribution in [3.8, 4) is 11.8 Å². The van der Waals surface area contributed by atoms with E-state index in [4.69, 9.17) is 16.9 Å². The molecule has 1 aromatic carbocycles. The Morgan fingerprint density at radius 3 is 2.67 bits per heavy atom. The van der Waals surface area contributed by atoms with E-state index in [0.717, 1.165) is 13.2 Å². The van der Waals surface area contributed by atoms with Gasteiger partial charge in [-0.3, -0.25) is 0 Å². The Bertz CT molecular complexity index is 500. The summed E-state index contributed by atoms with van der Waals surface area (Å²) in [7, 11) is 1.15. The fraction of sp³-hybridized carbons (Fsp3) is 0.273. The molecule has 0 aliphatic carbocycles. The van der Waals surface area contributed by atoms with Crippen LogP contribution in [-0.4, -0.2) is 19.7 Å². The van der Waals surface area contributed by atoms with Gasteiger partial charge in [0.25, 0.3) is 0 Å². The Morgan fingerprint density at radius 2 is 2.22 bits per heavy atom. The average molecular weight is 276 g/mol. The lowest BCUT2D eigenvalue weighted by molar-refractivity contribution is -0.0503. The molecule has 4 nitrogen and oxygen atoms in total. The molecule has 96 valence electrons. The van der Waals surface area contributed by atoms with Gasteiger partial charge in [-0.05, 0) is 12.1 Å². The third kappa shape index (κ3) is 3.08. The molecular weight excluding hydrogens is 268 g/mol. The molecule has 0 radical (unpaired) electrons. The molecule has 7 heteroatoms. The van der Waals surface area contributed by atoms with E-state index in [1.165, 1.54) is 6.07 Å². The minimum absolute atomic E-state index is 0.0442. The van der Waals surface area contributed by atoms with E-state index in [1.54, 1.807) is 6.07 Å². The van der Waals surface area contributed by atoms with Gasteiger partial charge in [0.15, 0.2) is 0 Å². The fourth-order valence-electron chi connectivity index (χ4n) is 1.31. The first-order chi connectivity index (χ1) is 8.53. The fourth-order valence-corrected chi connectivity index (χ4v) is 1.51. The van der Waals surface area contributed by atoms with Crippen molar-refractivity contribution in [1.82, 2.24) is 0 Å². The maximum atomic E-state index is 12.2. The molecule has 0 N–H and O–H groups in total. The largest absolute Gasteiger partial charge is 0.465 e. The SMILES string of the molecule is COC(=O)c1cc(CCl)c(OC(F)F)cc1C#N. The highest BCUT2D eigenvalue weighted by molar-refractivity contribution is 6.17. The number of halogens is 3. The summed E-state index contributed by atoms with van der Waals surface area (Å²) in [6.45, 7) is -3.04. The molecule has 0 unspecified atom stereocenters. The number of carbonyl (C=O) groups excluding carboxylic acids is 1. The molecule has 1 rings (SSSR count). The summed E-state index contributed by atoms with van der Waals surface area (Å²) in [4.78, 5) is 11.4. The minimum Gasteiger partial charge on any atom is -0.465 e. The lowest BCUT2D eigenvalue weighted by atomic mass is 10.0. The number of nitrogens with zero attached hydrogens (tertiary/aromatic N) is 1. The molecule has 0 saturated carbocycles. The van der Waals surface area contributed by atoms with Gasteiger partial charge in [0.2, 0.25) is 0 Å². The first-order valence-corrected chi connectivity index (χ1v) is 5.23. The van der Waals surface area contributed by atoms with Crippen molar-refractivity contribution in [3.05, 3.63) is 28.8 Å². The van der Waals surface area contributed by atoms with Gasteiger partial charge >= 0.3 is 12.6 Å². The van der Waals surface area contributed by atoms with Gasteiger partial charge in [-0.2, -0.15) is 14.0 Å². The van der Waals surface area contributed by atoms with Crippen LogP contribution in [0.25, 0.3) is 0 Å². The number of esters is 1. The van der Waals surface area contributed by atoms with E-state index in [2.05, 4.69) is 9.47 Å². The lowest BCUT2D eigenvalue weighted by Crippen LogP contribution is -2.09. The first kappa shape index (κ1) is 14.2. The van der Waals surface area contributed by atoms with Gasteiger partial charge in [-0.15, -0.1) is 11.6 Å². The maximum Gasteiger partial charge on any atom is 0.387 e. The molecule has 0 amide bonds. The molecule has 0 aliphatic heterocycles. The van der Waals surface area contributed by atoms with Gasteiger partial charge in [0, 0.05) is 5.56 Å². The lowest BCUT2D eigenvalue weighted by Gasteiger charge is -2.11. The average Bonchev–Trinajstić information content (AvgIpc) is 2.36. The molecule has 0 aromatic heterocycles. The van der Waals surface area contributed by atoms with Crippen molar-refractivity contribution < 1.29 is 23.0 Å². The summed E-state index contributed by atoms with van der Waals surface area (Å²) in [5.41, 5.74) is 0.0139. The Balaban J connectivity index is 3.33. The summed E-state index contributed by atoms with van der Waals surface area (Å²) >= 11 is 5.57. The molecule has 1 aromatic rings. The Kier molecular flexibility index (Phi) is 4.86. The Labute approximate surface area is 107 Å². The van der Waals surface area contributed by atoms with Crippen LogP contribution < -0.4 is 4.74 Å². The zero-order valence-corrected chi connectivity index (χ0v) is 10.0. The second-order valence-electron chi connectivity index (χ2n) is 3.12. The highest BCUT2D eigenvalue weighted by Crippen LogP contribution is 2.27. The maximum absolute atomic E-state index is 12.2. The van der Waals surface area contributed by atoms with Gasteiger partial charge < -0.3 is 9.47 Å². The van der Waals surface area contributed by atoms with Crippen LogP contribution in [0.5, 0.6) is 5.75 Å². The second-order valence-corrected chi connectivity index (χ2v) is 3.39. The number of benzene rings is 1. The number of alkyl halides is 3. The molecule has 0 atom stereocenters. The molecular formula is C11H8ClF2NO3. The van der Waals surface area contributed by atoms with Crippen LogP contribution in [0.4, 0.5) is 8.78 Å². The van der Waals surface area contributed by atoms with Crippen molar-refractivity contribution in [1.29, 1.82) is 5.26 Å². The van der Waals surface area contributed by atoms with Crippen molar-refractivity contribution in [3.63, 3.8) is 0 Å². The zero-order valence-electron chi connectivity index (χ0n) is 9.25. The van der Waals surface area contributed by atoms with E-state index < -0.39 is 12.6 Å². The van der Waals surface area contributed by atoms with Crippen LogP contribution in [-0.2, 0) is 10.6 Å². The third-order valence-electron chi connectivity index (χ3n) is 2.09. The van der Waals surface area contributed by atoms with Crippen LogP contribution in [0.1, 0.15) is 21.5 Å². The minimum atomic E-state index is -3.04. The number of ether oxygens (including phenoxy) is 2. The van der Waals surface area contributed by atoms with Crippen LogP contribution in [0.15, 0.2) is 12.1 Å². The molecule has 0 aliphatic rings. The number of rotatable bonds is 4. The van der Waals surface area contributed by atoms with Crippen LogP contribution >= 0.6 is 11.6 Å². The normalized spacial score (nSPS) is 10.0. The number of hydrogen-bond acceptors (Lipinski definition) is 4. The molecule has 0 heterocycles. The Hall–Kier alpha value is -1.87. The zero-order chi connectivity index (χ0) is 13.7. The monoisotopic (exact) mass is 275 g/mol. The first-order valence-electron chi connectivity index (χ1n) is 4.69. The van der Waals surface area contributed by atoms with Crippen molar-refractivity contribution in [2.24, 2.45) is 0 Å². The summed E-state index contributed by atoms with van der Waals surface area (Å²) < 4.78 is 33.0. The van der Waals surface area contributed by atoms with E-state index in [1.807, 2.05) is 0 Å². The predicted molar refractivity (Wildman–Crippen MR) is 58.7 cm³/mol. The number of carbonyl (C=O) groups is 1. The molecule has 0 spiro atoms. The second kappa shape index (κ2) is 6.17. The van der Waals surface area contributed by atoms with Gasteiger partial charge in [-0.1, -0.05) is 0 Å². The van der Waals surface area contributed by atoms with E-state index >= 15 is 0 Å². The summed E-state index contributed by atoms with van der Waals surface area (Å²) in [5.74, 6) is -1.12. The summed E-state index contributed by atoms with van der Waals surface area (Å²) in [5, 5.41) is 8.85. The molecule has 0 fully saturated rings. The van der Waals surface area contributed by atoms with E-state index in [9.17, 15) is 13.6 Å². The standard InChI is InChI=1S/C11H8ClF2NO3/c1-17-10(16)8-2-6(4-12)9(18-11(13)14)3-7(8)5-15/h2-3,11H,4H2,1H3. The molecule has 0 bridgehead atoms. The van der Waals surface area contributed by atoms with Crippen molar-refractivity contribution in [2.75, 3.05) is 7.11 Å². The van der Waals surface area contributed by atoms with Gasteiger partial charge in [-0.25, -0.2) is 4.79 Å². The van der Waals surface area contributed by atoms with E-state index in [0.29, 0.717) is 0 Å². The van der Waals surface area contributed by atoms with Gasteiger partial charge in [0.05, 0.1) is 24.1 Å². The quantitative estimate of drug-likeness (QED) is 0.626. The Morgan fingerprint density at radius 1 is 1.56 bits per heavy atom. The summed E-state index contributed by atoms with van der Waals surface area (Å²) in [6, 6.07) is 3.95. The third-order valence-corrected chi connectivity index (χ3v) is 2.37.